The van der Waals surface area contributed by atoms with Crippen LogP contribution in [0, 0.1) is 0 Å². The van der Waals surface area contributed by atoms with Crippen molar-refractivity contribution in [3.05, 3.63) is 114 Å². The third-order valence-corrected chi connectivity index (χ3v) is 4.52. The van der Waals surface area contributed by atoms with Gasteiger partial charge in [-0.05, 0) is 58.8 Å². The number of fused-ring (bicyclic) bond motifs is 1. The maximum atomic E-state index is 12.6. The summed E-state index contributed by atoms with van der Waals surface area (Å²) >= 11 is 0. The van der Waals surface area contributed by atoms with E-state index in [1.807, 2.05) is 42.5 Å². The monoisotopic (exact) mass is 394 g/mol. The fourth-order valence-electron chi connectivity index (χ4n) is 3.01. The van der Waals surface area contributed by atoms with E-state index in [1.165, 1.54) is 6.21 Å². The highest BCUT2D eigenvalue weighted by atomic mass is 16.5. The first-order valence-corrected chi connectivity index (χ1v) is 9.39. The maximum Gasteiger partial charge on any atom is 0.344 e. The molecule has 1 N–H and O–H groups in total. The molecule has 30 heavy (non-hydrogen) atoms. The zero-order chi connectivity index (χ0) is 20.8. The molecule has 4 aromatic rings. The second kappa shape index (κ2) is 8.84. The fraction of sp³-hybridized carbons (Fsp3) is 0. The van der Waals surface area contributed by atoms with Crippen LogP contribution in [-0.4, -0.2) is 18.1 Å². The number of carbonyl (C=O) groups is 2. The SMILES string of the molecule is O=C(N/N=C\c1ccc(OC(=O)c2cccc3ccccc23)cc1)c1ccccc1. The second-order valence-electron chi connectivity index (χ2n) is 6.55. The van der Waals surface area contributed by atoms with Crippen LogP contribution in [-0.2, 0) is 0 Å². The minimum absolute atomic E-state index is 0.285. The van der Waals surface area contributed by atoms with Gasteiger partial charge in [0.15, 0.2) is 0 Å². The molecule has 4 aromatic carbocycles. The van der Waals surface area contributed by atoms with Crippen LogP contribution in [0.25, 0.3) is 10.8 Å². The number of benzene rings is 4. The Morgan fingerprint density at radius 3 is 2.27 bits per heavy atom. The molecule has 5 nitrogen and oxygen atoms in total. The zero-order valence-electron chi connectivity index (χ0n) is 16.0. The van der Waals surface area contributed by atoms with E-state index in [0.29, 0.717) is 16.9 Å². The Balaban J connectivity index is 1.40. The van der Waals surface area contributed by atoms with Gasteiger partial charge in [0.25, 0.3) is 5.91 Å². The van der Waals surface area contributed by atoms with E-state index in [-0.39, 0.29) is 5.91 Å². The van der Waals surface area contributed by atoms with Crippen molar-refractivity contribution in [3.8, 4) is 5.75 Å². The predicted molar refractivity (Wildman–Crippen MR) is 117 cm³/mol. The number of ether oxygens (including phenoxy) is 1. The van der Waals surface area contributed by atoms with E-state index >= 15 is 0 Å². The van der Waals surface area contributed by atoms with Gasteiger partial charge in [-0.3, -0.25) is 4.79 Å². The standard InChI is InChI=1S/C25H18N2O3/c28-24(20-8-2-1-3-9-20)27-26-17-18-13-15-21(16-14-18)30-25(29)23-12-6-10-19-7-4-5-11-22(19)23/h1-17H,(H,27,28)/b26-17-. The molecule has 0 saturated heterocycles. The van der Waals surface area contributed by atoms with Gasteiger partial charge >= 0.3 is 5.97 Å². The summed E-state index contributed by atoms with van der Waals surface area (Å²) in [6, 6.07) is 28.9. The van der Waals surface area contributed by atoms with Gasteiger partial charge in [-0.2, -0.15) is 5.10 Å². The molecule has 0 fully saturated rings. The summed E-state index contributed by atoms with van der Waals surface area (Å²) in [6.07, 6.45) is 1.52. The topological polar surface area (TPSA) is 67.8 Å². The molecular formula is C25H18N2O3. The molecule has 0 heterocycles. The average molecular weight is 394 g/mol. The van der Waals surface area contributed by atoms with Crippen LogP contribution in [0.4, 0.5) is 0 Å². The lowest BCUT2D eigenvalue weighted by molar-refractivity contribution is 0.0736. The van der Waals surface area contributed by atoms with Crippen molar-refractivity contribution in [1.82, 2.24) is 5.43 Å². The summed E-state index contributed by atoms with van der Waals surface area (Å²) in [5, 5.41) is 5.79. The lowest BCUT2D eigenvalue weighted by atomic mass is 10.0. The highest BCUT2D eigenvalue weighted by Crippen LogP contribution is 2.21. The zero-order valence-corrected chi connectivity index (χ0v) is 16.0. The highest BCUT2D eigenvalue weighted by molar-refractivity contribution is 6.05. The van der Waals surface area contributed by atoms with Crippen molar-refractivity contribution >= 4 is 28.9 Å². The number of hydrogen-bond donors (Lipinski definition) is 1. The molecule has 0 aromatic heterocycles. The first kappa shape index (κ1) is 19.1. The minimum atomic E-state index is -0.414. The molecular weight excluding hydrogens is 376 g/mol. The molecule has 0 aliphatic rings. The number of hydrazone groups is 1. The number of carbonyl (C=O) groups excluding carboxylic acids is 2. The van der Waals surface area contributed by atoms with Gasteiger partial charge in [-0.15, -0.1) is 0 Å². The van der Waals surface area contributed by atoms with Crippen LogP contribution in [0.5, 0.6) is 5.75 Å². The van der Waals surface area contributed by atoms with Crippen molar-refractivity contribution in [3.63, 3.8) is 0 Å². The number of nitrogens with one attached hydrogen (secondary N) is 1. The molecule has 0 atom stereocenters. The van der Waals surface area contributed by atoms with E-state index < -0.39 is 5.97 Å². The first-order chi connectivity index (χ1) is 14.7. The quantitative estimate of drug-likeness (QED) is 0.228. The number of esters is 1. The predicted octanol–water partition coefficient (Wildman–Crippen LogP) is 4.82. The Bertz CT molecular complexity index is 1210. The van der Waals surface area contributed by atoms with Gasteiger partial charge < -0.3 is 4.74 Å². The molecule has 4 rings (SSSR count). The van der Waals surface area contributed by atoms with Gasteiger partial charge in [0.2, 0.25) is 0 Å². The van der Waals surface area contributed by atoms with Gasteiger partial charge in [0, 0.05) is 5.56 Å². The third kappa shape index (κ3) is 4.42. The lowest BCUT2D eigenvalue weighted by Crippen LogP contribution is -2.17. The summed E-state index contributed by atoms with van der Waals surface area (Å²) in [7, 11) is 0. The minimum Gasteiger partial charge on any atom is -0.423 e. The molecule has 146 valence electrons. The van der Waals surface area contributed by atoms with Crippen LogP contribution in [0.1, 0.15) is 26.3 Å². The van der Waals surface area contributed by atoms with Gasteiger partial charge in [0.05, 0.1) is 11.8 Å². The van der Waals surface area contributed by atoms with E-state index in [2.05, 4.69) is 10.5 Å². The van der Waals surface area contributed by atoms with Gasteiger partial charge in [0.1, 0.15) is 5.75 Å². The number of hydrogen-bond acceptors (Lipinski definition) is 4. The second-order valence-corrected chi connectivity index (χ2v) is 6.55. The Hall–Kier alpha value is -4.25. The Morgan fingerprint density at radius 1 is 0.767 bits per heavy atom. The highest BCUT2D eigenvalue weighted by Gasteiger charge is 2.12. The van der Waals surface area contributed by atoms with Gasteiger partial charge in [-0.25, -0.2) is 10.2 Å². The van der Waals surface area contributed by atoms with Crippen molar-refractivity contribution in [2.24, 2.45) is 5.10 Å². The van der Waals surface area contributed by atoms with Crippen LogP contribution >= 0.6 is 0 Å². The van der Waals surface area contributed by atoms with E-state index in [9.17, 15) is 9.59 Å². The van der Waals surface area contributed by atoms with Crippen molar-refractivity contribution in [2.45, 2.75) is 0 Å². The van der Waals surface area contributed by atoms with Crippen LogP contribution in [0.3, 0.4) is 0 Å². The number of amides is 1. The molecule has 0 radical (unpaired) electrons. The summed E-state index contributed by atoms with van der Waals surface area (Å²) < 4.78 is 5.51. The van der Waals surface area contributed by atoms with E-state index in [0.717, 1.165) is 16.3 Å². The summed E-state index contributed by atoms with van der Waals surface area (Å²) in [6.45, 7) is 0. The molecule has 0 spiro atoms. The largest absolute Gasteiger partial charge is 0.423 e. The van der Waals surface area contributed by atoms with Crippen molar-refractivity contribution in [2.75, 3.05) is 0 Å². The number of nitrogens with zero attached hydrogens (tertiary/aromatic N) is 1. The summed E-state index contributed by atoms with van der Waals surface area (Å²) in [4.78, 5) is 24.6. The summed E-state index contributed by atoms with van der Waals surface area (Å²) in [5.41, 5.74) is 4.28. The Kier molecular flexibility index (Phi) is 5.62. The molecule has 5 heteroatoms. The normalized spacial score (nSPS) is 10.8. The van der Waals surface area contributed by atoms with E-state index in [4.69, 9.17) is 4.74 Å². The van der Waals surface area contributed by atoms with Crippen LogP contribution < -0.4 is 10.2 Å². The molecule has 1 amide bonds. The Morgan fingerprint density at radius 2 is 1.47 bits per heavy atom. The molecule has 0 unspecified atom stereocenters. The summed E-state index contributed by atoms with van der Waals surface area (Å²) in [5.74, 6) is -0.269. The smallest absolute Gasteiger partial charge is 0.344 e. The Labute approximate surface area is 173 Å². The molecule has 0 saturated carbocycles. The van der Waals surface area contributed by atoms with Gasteiger partial charge in [-0.1, -0.05) is 54.6 Å². The van der Waals surface area contributed by atoms with Crippen molar-refractivity contribution < 1.29 is 14.3 Å². The molecule has 0 bridgehead atoms. The van der Waals surface area contributed by atoms with E-state index in [1.54, 1.807) is 54.6 Å². The number of rotatable bonds is 5. The third-order valence-electron chi connectivity index (χ3n) is 4.52. The molecule has 0 aliphatic heterocycles. The lowest BCUT2D eigenvalue weighted by Gasteiger charge is -2.07. The maximum absolute atomic E-state index is 12.6. The fourth-order valence-corrected chi connectivity index (χ4v) is 3.01. The van der Waals surface area contributed by atoms with Crippen LogP contribution in [0.15, 0.2) is 102 Å². The van der Waals surface area contributed by atoms with Crippen LogP contribution in [0.2, 0.25) is 0 Å². The van der Waals surface area contributed by atoms with Crippen molar-refractivity contribution in [1.29, 1.82) is 0 Å². The average Bonchev–Trinajstić information content (AvgIpc) is 2.80. The first-order valence-electron chi connectivity index (χ1n) is 9.39. The molecule has 0 aliphatic carbocycles.